The molecule has 0 unspecified atom stereocenters. The standard InChI is InChI=1S/C17H25N5S/c1-13-11-20-16(23-13)8-9-19-17(18-2)21-12-14-6-5-7-15(10-14)22(3)4/h5-7,10-11H,8-9,12H2,1-4H3,(H2,18,19,21). The van der Waals surface area contributed by atoms with E-state index >= 15 is 0 Å². The largest absolute Gasteiger partial charge is 0.378 e. The van der Waals surface area contributed by atoms with Gasteiger partial charge in [0, 0.05) is 57.4 Å². The molecular weight excluding hydrogens is 306 g/mol. The molecule has 124 valence electrons. The summed E-state index contributed by atoms with van der Waals surface area (Å²) in [6, 6.07) is 8.48. The number of anilines is 1. The van der Waals surface area contributed by atoms with Crippen molar-refractivity contribution in [3.8, 4) is 0 Å². The van der Waals surface area contributed by atoms with Gasteiger partial charge in [-0.15, -0.1) is 11.3 Å². The van der Waals surface area contributed by atoms with Crippen LogP contribution in [0.2, 0.25) is 0 Å². The number of hydrogen-bond acceptors (Lipinski definition) is 4. The van der Waals surface area contributed by atoms with Gasteiger partial charge in [0.05, 0.1) is 5.01 Å². The van der Waals surface area contributed by atoms with Gasteiger partial charge in [0.25, 0.3) is 0 Å². The van der Waals surface area contributed by atoms with Crippen molar-refractivity contribution in [3.63, 3.8) is 0 Å². The molecule has 5 nitrogen and oxygen atoms in total. The molecule has 2 rings (SSSR count). The third-order valence-electron chi connectivity index (χ3n) is 3.41. The smallest absolute Gasteiger partial charge is 0.191 e. The Balaban J connectivity index is 1.79. The van der Waals surface area contributed by atoms with E-state index in [1.807, 2.05) is 20.3 Å². The molecule has 6 heteroatoms. The van der Waals surface area contributed by atoms with Crippen LogP contribution in [0, 0.1) is 6.92 Å². The summed E-state index contributed by atoms with van der Waals surface area (Å²) in [4.78, 5) is 12.0. The first-order valence-corrected chi connectivity index (χ1v) is 8.52. The zero-order valence-corrected chi connectivity index (χ0v) is 15.1. The van der Waals surface area contributed by atoms with Crippen LogP contribution in [0.15, 0.2) is 35.5 Å². The Morgan fingerprint density at radius 1 is 1.30 bits per heavy atom. The molecule has 0 fully saturated rings. The molecule has 0 aliphatic rings. The Hall–Kier alpha value is -2.08. The van der Waals surface area contributed by atoms with Gasteiger partial charge in [-0.2, -0.15) is 0 Å². The van der Waals surface area contributed by atoms with Crippen molar-refractivity contribution in [2.24, 2.45) is 4.99 Å². The Morgan fingerprint density at radius 2 is 2.13 bits per heavy atom. The number of hydrogen-bond donors (Lipinski definition) is 2. The van der Waals surface area contributed by atoms with Crippen molar-refractivity contribution in [1.82, 2.24) is 15.6 Å². The van der Waals surface area contributed by atoms with Crippen LogP contribution in [0.4, 0.5) is 5.69 Å². The van der Waals surface area contributed by atoms with Gasteiger partial charge >= 0.3 is 0 Å². The first-order valence-electron chi connectivity index (χ1n) is 7.70. The molecule has 0 spiro atoms. The predicted octanol–water partition coefficient (Wildman–Crippen LogP) is 2.43. The monoisotopic (exact) mass is 331 g/mol. The molecule has 0 bridgehead atoms. The number of nitrogens with zero attached hydrogens (tertiary/aromatic N) is 3. The van der Waals surface area contributed by atoms with Gasteiger partial charge in [-0.1, -0.05) is 12.1 Å². The van der Waals surface area contributed by atoms with Crippen LogP contribution >= 0.6 is 11.3 Å². The summed E-state index contributed by atoms with van der Waals surface area (Å²) in [6.07, 6.45) is 2.83. The maximum absolute atomic E-state index is 4.37. The van der Waals surface area contributed by atoms with Crippen LogP contribution in [0.25, 0.3) is 0 Å². The minimum Gasteiger partial charge on any atom is -0.378 e. The quantitative estimate of drug-likeness (QED) is 0.630. The normalized spacial score (nSPS) is 11.4. The third kappa shape index (κ3) is 5.56. The first kappa shape index (κ1) is 17.3. The number of benzene rings is 1. The summed E-state index contributed by atoms with van der Waals surface area (Å²) in [7, 11) is 5.89. The topological polar surface area (TPSA) is 52.6 Å². The molecule has 0 amide bonds. The number of thiazole rings is 1. The molecule has 23 heavy (non-hydrogen) atoms. The average molecular weight is 331 g/mol. The molecule has 2 aromatic rings. The summed E-state index contributed by atoms with van der Waals surface area (Å²) in [5, 5.41) is 7.83. The molecule has 0 saturated carbocycles. The molecular formula is C17H25N5S. The van der Waals surface area contributed by atoms with Gasteiger partial charge < -0.3 is 15.5 Å². The summed E-state index contributed by atoms with van der Waals surface area (Å²) >= 11 is 1.75. The van der Waals surface area contributed by atoms with Crippen LogP contribution in [0.5, 0.6) is 0 Å². The fraction of sp³-hybridized carbons (Fsp3) is 0.412. The Labute approximate surface area is 142 Å². The number of aromatic nitrogens is 1. The van der Waals surface area contributed by atoms with Gasteiger partial charge in [-0.3, -0.25) is 4.99 Å². The van der Waals surface area contributed by atoms with E-state index in [0.717, 1.165) is 30.5 Å². The minimum atomic E-state index is 0.748. The van der Waals surface area contributed by atoms with Crippen molar-refractivity contribution < 1.29 is 0 Å². The SMILES string of the molecule is CN=C(NCCc1ncc(C)s1)NCc1cccc(N(C)C)c1. The second-order valence-electron chi connectivity index (χ2n) is 5.53. The molecule has 1 heterocycles. The number of guanidine groups is 1. The second kappa shape index (κ2) is 8.53. The Kier molecular flexibility index (Phi) is 6.40. The average Bonchev–Trinajstić information content (AvgIpc) is 2.96. The van der Waals surface area contributed by atoms with E-state index in [0.29, 0.717) is 0 Å². The van der Waals surface area contributed by atoms with Crippen LogP contribution in [0.3, 0.4) is 0 Å². The Morgan fingerprint density at radius 3 is 2.78 bits per heavy atom. The van der Waals surface area contributed by atoms with Gasteiger partial charge in [0.1, 0.15) is 0 Å². The van der Waals surface area contributed by atoms with E-state index in [1.54, 1.807) is 18.4 Å². The van der Waals surface area contributed by atoms with Crippen LogP contribution in [0.1, 0.15) is 15.4 Å². The number of aliphatic imine (C=N–C) groups is 1. The summed E-state index contributed by atoms with van der Waals surface area (Å²) in [6.45, 7) is 3.65. The van der Waals surface area contributed by atoms with Crippen LogP contribution < -0.4 is 15.5 Å². The van der Waals surface area contributed by atoms with Crippen molar-refractivity contribution in [1.29, 1.82) is 0 Å². The van der Waals surface area contributed by atoms with Crippen molar-refractivity contribution in [3.05, 3.63) is 45.9 Å². The maximum atomic E-state index is 4.37. The van der Waals surface area contributed by atoms with Crippen LogP contribution in [-0.2, 0) is 13.0 Å². The summed E-state index contributed by atoms with van der Waals surface area (Å²) < 4.78 is 0. The number of aryl methyl sites for hydroxylation is 1. The van der Waals surface area contributed by atoms with Crippen molar-refractivity contribution >= 4 is 23.0 Å². The zero-order valence-electron chi connectivity index (χ0n) is 14.3. The summed E-state index contributed by atoms with van der Waals surface area (Å²) in [5.41, 5.74) is 2.43. The molecule has 1 aromatic heterocycles. The fourth-order valence-electron chi connectivity index (χ4n) is 2.16. The molecule has 0 radical (unpaired) electrons. The number of nitrogens with one attached hydrogen (secondary N) is 2. The van der Waals surface area contributed by atoms with E-state index in [-0.39, 0.29) is 0 Å². The van der Waals surface area contributed by atoms with E-state index in [4.69, 9.17) is 0 Å². The number of rotatable bonds is 6. The Bertz CT molecular complexity index is 648. The zero-order chi connectivity index (χ0) is 16.7. The predicted molar refractivity (Wildman–Crippen MR) is 99.5 cm³/mol. The van der Waals surface area contributed by atoms with Crippen molar-refractivity contribution in [2.45, 2.75) is 19.9 Å². The highest BCUT2D eigenvalue weighted by Crippen LogP contribution is 2.13. The molecule has 0 atom stereocenters. The van der Waals surface area contributed by atoms with Gasteiger partial charge in [-0.05, 0) is 24.6 Å². The van der Waals surface area contributed by atoms with Crippen molar-refractivity contribution in [2.75, 3.05) is 32.6 Å². The van der Waals surface area contributed by atoms with Gasteiger partial charge in [0.2, 0.25) is 0 Å². The molecule has 0 aliphatic heterocycles. The van der Waals surface area contributed by atoms with E-state index in [2.05, 4.69) is 56.7 Å². The summed E-state index contributed by atoms with van der Waals surface area (Å²) in [5.74, 6) is 0.813. The highest BCUT2D eigenvalue weighted by atomic mass is 32.1. The lowest BCUT2D eigenvalue weighted by Gasteiger charge is -2.15. The van der Waals surface area contributed by atoms with E-state index in [9.17, 15) is 0 Å². The molecule has 0 aliphatic carbocycles. The highest BCUT2D eigenvalue weighted by Gasteiger charge is 2.02. The first-order chi connectivity index (χ1) is 11.1. The molecule has 0 saturated heterocycles. The molecule has 1 aromatic carbocycles. The second-order valence-corrected chi connectivity index (χ2v) is 6.85. The fourth-order valence-corrected chi connectivity index (χ4v) is 2.94. The minimum absolute atomic E-state index is 0.748. The lowest BCUT2D eigenvalue weighted by Crippen LogP contribution is -2.37. The maximum Gasteiger partial charge on any atom is 0.191 e. The van der Waals surface area contributed by atoms with E-state index in [1.165, 1.54) is 16.1 Å². The lowest BCUT2D eigenvalue weighted by molar-refractivity contribution is 0.792. The lowest BCUT2D eigenvalue weighted by atomic mass is 10.2. The third-order valence-corrected chi connectivity index (χ3v) is 4.38. The van der Waals surface area contributed by atoms with Gasteiger partial charge in [0.15, 0.2) is 5.96 Å². The van der Waals surface area contributed by atoms with E-state index < -0.39 is 0 Å². The van der Waals surface area contributed by atoms with Gasteiger partial charge in [-0.25, -0.2) is 4.98 Å². The molecule has 2 N–H and O–H groups in total. The van der Waals surface area contributed by atoms with Crippen LogP contribution in [-0.4, -0.2) is 38.6 Å². The highest BCUT2D eigenvalue weighted by molar-refractivity contribution is 7.11.